The van der Waals surface area contributed by atoms with Gasteiger partial charge in [0.05, 0.1) is 19.0 Å². The van der Waals surface area contributed by atoms with Crippen LogP contribution in [0.1, 0.15) is 5.56 Å². The van der Waals surface area contributed by atoms with Crippen molar-refractivity contribution in [3.63, 3.8) is 0 Å². The number of methoxy groups -OCH3 is 1. The third-order valence-corrected chi connectivity index (χ3v) is 2.52. The van der Waals surface area contributed by atoms with Crippen LogP contribution in [0.5, 0.6) is 0 Å². The van der Waals surface area contributed by atoms with E-state index in [0.717, 1.165) is 11.3 Å². The molecule has 2 rings (SSSR count). The predicted molar refractivity (Wildman–Crippen MR) is 80.1 cm³/mol. The van der Waals surface area contributed by atoms with Crippen LogP contribution in [-0.2, 0) is 4.74 Å². The van der Waals surface area contributed by atoms with E-state index in [0.29, 0.717) is 5.69 Å². The molecule has 0 bridgehead atoms. The van der Waals surface area contributed by atoms with Crippen LogP contribution in [0.4, 0.5) is 16.2 Å². The van der Waals surface area contributed by atoms with E-state index >= 15 is 0 Å². The lowest BCUT2D eigenvalue weighted by Gasteiger charge is -2.03. The Morgan fingerprint density at radius 3 is 2.40 bits per heavy atom. The summed E-state index contributed by atoms with van der Waals surface area (Å²) >= 11 is 0. The summed E-state index contributed by atoms with van der Waals surface area (Å²) in [6, 6.07) is 16.9. The molecule has 0 aromatic heterocycles. The van der Waals surface area contributed by atoms with Gasteiger partial charge in [-0.15, -0.1) is 0 Å². The molecule has 0 saturated carbocycles. The number of hydrogen-bond donors (Lipinski definition) is 2. The molecule has 0 unspecified atom stereocenters. The molecule has 0 heterocycles. The third-order valence-electron chi connectivity index (χ3n) is 2.52. The van der Waals surface area contributed by atoms with Crippen LogP contribution in [0.2, 0.25) is 0 Å². The van der Waals surface area contributed by atoms with Gasteiger partial charge in [0, 0.05) is 5.69 Å². The second-order valence-corrected chi connectivity index (χ2v) is 3.97. The summed E-state index contributed by atoms with van der Waals surface area (Å²) in [5.41, 5.74) is 5.44. The van der Waals surface area contributed by atoms with Gasteiger partial charge in [-0.1, -0.05) is 30.3 Å². The molecular weight excluding hydrogens is 254 g/mol. The smallest absolute Gasteiger partial charge is 0.411 e. The van der Waals surface area contributed by atoms with Crippen LogP contribution in [0.25, 0.3) is 0 Å². The van der Waals surface area contributed by atoms with Crippen molar-refractivity contribution in [2.75, 3.05) is 17.9 Å². The molecule has 1 amide bonds. The molecule has 2 aromatic rings. The van der Waals surface area contributed by atoms with Gasteiger partial charge < -0.3 is 4.74 Å². The van der Waals surface area contributed by atoms with Gasteiger partial charge in [0.1, 0.15) is 0 Å². The van der Waals surface area contributed by atoms with Crippen LogP contribution in [0.15, 0.2) is 59.7 Å². The molecule has 0 aliphatic heterocycles. The fourth-order valence-corrected chi connectivity index (χ4v) is 1.52. The van der Waals surface area contributed by atoms with Gasteiger partial charge in [-0.3, -0.25) is 10.7 Å². The Hall–Kier alpha value is -2.82. The van der Waals surface area contributed by atoms with Crippen molar-refractivity contribution in [1.82, 2.24) is 0 Å². The van der Waals surface area contributed by atoms with Crippen LogP contribution in [0.3, 0.4) is 0 Å². The first-order valence-corrected chi connectivity index (χ1v) is 6.07. The number of para-hydroxylation sites is 1. The van der Waals surface area contributed by atoms with E-state index in [1.807, 2.05) is 42.5 Å². The van der Waals surface area contributed by atoms with Crippen molar-refractivity contribution < 1.29 is 9.53 Å². The maximum absolute atomic E-state index is 11.0. The van der Waals surface area contributed by atoms with E-state index in [1.165, 1.54) is 7.11 Å². The van der Waals surface area contributed by atoms with E-state index in [-0.39, 0.29) is 0 Å². The second-order valence-electron chi connectivity index (χ2n) is 3.97. The number of hydrazone groups is 1. The first-order chi connectivity index (χ1) is 9.78. The lowest BCUT2D eigenvalue weighted by atomic mass is 10.2. The van der Waals surface area contributed by atoms with Gasteiger partial charge in [0.2, 0.25) is 0 Å². The summed E-state index contributed by atoms with van der Waals surface area (Å²) in [6.07, 6.45) is 1.21. The first-order valence-electron chi connectivity index (χ1n) is 6.07. The highest BCUT2D eigenvalue weighted by Gasteiger charge is 1.99. The van der Waals surface area contributed by atoms with Crippen LogP contribution in [-0.4, -0.2) is 19.4 Å². The topological polar surface area (TPSA) is 62.7 Å². The maximum atomic E-state index is 11.0. The van der Waals surface area contributed by atoms with Gasteiger partial charge in [-0.2, -0.15) is 5.10 Å². The average molecular weight is 269 g/mol. The van der Waals surface area contributed by atoms with Crippen molar-refractivity contribution in [2.24, 2.45) is 5.10 Å². The lowest BCUT2D eigenvalue weighted by Crippen LogP contribution is -2.10. The quantitative estimate of drug-likeness (QED) is 0.661. The monoisotopic (exact) mass is 269 g/mol. The van der Waals surface area contributed by atoms with Crippen LogP contribution >= 0.6 is 0 Å². The standard InChI is InChI=1S/C15H15N3O2/c1-20-15(19)17-13-9-7-12(8-10-13)11-16-18-14-5-3-2-4-6-14/h2-11,18H,1H3,(H,17,19)/b16-11+. The van der Waals surface area contributed by atoms with E-state index in [2.05, 4.69) is 20.6 Å². The Balaban J connectivity index is 1.92. The molecule has 2 N–H and O–H groups in total. The maximum Gasteiger partial charge on any atom is 0.411 e. The Labute approximate surface area is 117 Å². The number of carbonyl (C=O) groups is 1. The zero-order valence-corrected chi connectivity index (χ0v) is 11.0. The van der Waals surface area contributed by atoms with E-state index in [1.54, 1.807) is 18.3 Å². The highest BCUT2D eigenvalue weighted by molar-refractivity contribution is 5.86. The molecular formula is C15H15N3O2. The Morgan fingerprint density at radius 1 is 1.05 bits per heavy atom. The van der Waals surface area contributed by atoms with Gasteiger partial charge in [0.15, 0.2) is 0 Å². The molecule has 0 radical (unpaired) electrons. The highest BCUT2D eigenvalue weighted by Crippen LogP contribution is 2.09. The zero-order valence-electron chi connectivity index (χ0n) is 11.0. The summed E-state index contributed by atoms with van der Waals surface area (Å²) in [6.45, 7) is 0. The molecule has 5 heteroatoms. The normalized spacial score (nSPS) is 10.2. The van der Waals surface area contributed by atoms with Gasteiger partial charge in [-0.25, -0.2) is 4.79 Å². The summed E-state index contributed by atoms with van der Waals surface area (Å²) in [5, 5.41) is 6.71. The van der Waals surface area contributed by atoms with Crippen molar-refractivity contribution in [2.45, 2.75) is 0 Å². The third kappa shape index (κ3) is 4.13. The summed E-state index contributed by atoms with van der Waals surface area (Å²) < 4.78 is 4.51. The fraction of sp³-hybridized carbons (Fsp3) is 0.0667. The molecule has 0 aliphatic carbocycles. The second kappa shape index (κ2) is 6.94. The van der Waals surface area contributed by atoms with E-state index in [9.17, 15) is 4.79 Å². The molecule has 0 aliphatic rings. The number of rotatable bonds is 4. The molecule has 0 saturated heterocycles. The number of amides is 1. The number of nitrogens with one attached hydrogen (secondary N) is 2. The van der Waals surface area contributed by atoms with Gasteiger partial charge >= 0.3 is 6.09 Å². The van der Waals surface area contributed by atoms with E-state index < -0.39 is 6.09 Å². The number of anilines is 2. The number of ether oxygens (including phenoxy) is 1. The van der Waals surface area contributed by atoms with Crippen molar-refractivity contribution in [3.05, 3.63) is 60.2 Å². The van der Waals surface area contributed by atoms with Gasteiger partial charge in [-0.05, 0) is 29.8 Å². The van der Waals surface area contributed by atoms with E-state index in [4.69, 9.17) is 0 Å². The zero-order chi connectivity index (χ0) is 14.2. The van der Waals surface area contributed by atoms with Crippen molar-refractivity contribution >= 4 is 23.7 Å². The number of hydrogen-bond acceptors (Lipinski definition) is 4. The minimum atomic E-state index is -0.489. The fourth-order valence-electron chi connectivity index (χ4n) is 1.52. The molecule has 20 heavy (non-hydrogen) atoms. The summed E-state index contributed by atoms with van der Waals surface area (Å²) in [4.78, 5) is 11.0. The molecule has 2 aromatic carbocycles. The Kier molecular flexibility index (Phi) is 4.72. The van der Waals surface area contributed by atoms with Crippen LogP contribution < -0.4 is 10.7 Å². The van der Waals surface area contributed by atoms with Gasteiger partial charge in [0.25, 0.3) is 0 Å². The summed E-state index contributed by atoms with van der Waals surface area (Å²) in [7, 11) is 1.33. The molecule has 0 spiro atoms. The molecule has 0 fully saturated rings. The molecule has 5 nitrogen and oxygen atoms in total. The lowest BCUT2D eigenvalue weighted by molar-refractivity contribution is 0.187. The largest absolute Gasteiger partial charge is 0.453 e. The average Bonchev–Trinajstić information content (AvgIpc) is 2.50. The Morgan fingerprint density at radius 2 is 1.75 bits per heavy atom. The highest BCUT2D eigenvalue weighted by atomic mass is 16.5. The number of nitrogens with zero attached hydrogens (tertiary/aromatic N) is 1. The number of carbonyl (C=O) groups excluding carboxylic acids is 1. The SMILES string of the molecule is COC(=O)Nc1ccc(/C=N/Nc2ccccc2)cc1. The molecule has 102 valence electrons. The van der Waals surface area contributed by atoms with Crippen LogP contribution in [0, 0.1) is 0 Å². The molecule has 0 atom stereocenters. The number of benzene rings is 2. The summed E-state index contributed by atoms with van der Waals surface area (Å²) in [5.74, 6) is 0. The Bertz CT molecular complexity index is 580. The minimum absolute atomic E-state index is 0.489. The van der Waals surface area contributed by atoms with Crippen molar-refractivity contribution in [3.8, 4) is 0 Å². The van der Waals surface area contributed by atoms with Crippen molar-refractivity contribution in [1.29, 1.82) is 0 Å². The minimum Gasteiger partial charge on any atom is -0.453 e. The predicted octanol–water partition coefficient (Wildman–Crippen LogP) is 3.31. The first kappa shape index (κ1) is 13.6.